The highest BCUT2D eigenvalue weighted by Gasteiger charge is 2.19. The Hall–Kier alpha value is -0.490. The highest BCUT2D eigenvalue weighted by molar-refractivity contribution is 6.25. The molecule has 0 bridgehead atoms. The van der Waals surface area contributed by atoms with E-state index in [4.69, 9.17) is 11.6 Å². The Kier molecular flexibility index (Phi) is 2.00. The summed E-state index contributed by atoms with van der Waals surface area (Å²) >= 11 is 6.07. The van der Waals surface area contributed by atoms with E-state index in [0.29, 0.717) is 0 Å². The number of allylic oxidation sites excluding steroid dienone is 5. The molecule has 54 valence electrons. The molecule has 10 heavy (non-hydrogen) atoms. The molecule has 1 unspecified atom stereocenters. The summed E-state index contributed by atoms with van der Waals surface area (Å²) in [7, 11) is 0. The van der Waals surface area contributed by atoms with E-state index in [0.717, 1.165) is 6.42 Å². The van der Waals surface area contributed by atoms with E-state index < -0.39 is 0 Å². The molecule has 0 saturated carbocycles. The van der Waals surface area contributed by atoms with Gasteiger partial charge in [0.1, 0.15) is 0 Å². The fourth-order valence-electron chi connectivity index (χ4n) is 1.03. The molecule has 0 aromatic carbocycles. The average molecular weight is 155 g/mol. The summed E-state index contributed by atoms with van der Waals surface area (Å²) in [5, 5.41) is 0. The molecule has 0 spiro atoms. The van der Waals surface area contributed by atoms with E-state index >= 15 is 0 Å². The lowest BCUT2D eigenvalue weighted by Gasteiger charge is -2.20. The second kappa shape index (κ2) is 2.63. The molecule has 0 nitrogen and oxygen atoms in total. The first-order valence-electron chi connectivity index (χ1n) is 3.34. The van der Waals surface area contributed by atoms with Crippen molar-refractivity contribution in [1.29, 1.82) is 0 Å². The summed E-state index contributed by atoms with van der Waals surface area (Å²) in [6, 6.07) is 0. The van der Waals surface area contributed by atoms with Crippen molar-refractivity contribution in [3.05, 3.63) is 36.5 Å². The molecule has 0 saturated heterocycles. The average Bonchev–Trinajstić information content (AvgIpc) is 1.86. The van der Waals surface area contributed by atoms with Gasteiger partial charge in [-0.05, 0) is 18.9 Å². The maximum absolute atomic E-state index is 6.07. The largest absolute Gasteiger partial charge is 0.115 e. The fraction of sp³-hybridized carbons (Fsp3) is 0.333. The summed E-state index contributed by atoms with van der Waals surface area (Å²) in [4.78, 5) is -0.196. The lowest BCUT2D eigenvalue weighted by atomic mass is 9.95. The molecule has 1 rings (SSSR count). The molecular weight excluding hydrogens is 144 g/mol. The normalized spacial score (nSPS) is 31.6. The third kappa shape index (κ3) is 1.74. The highest BCUT2D eigenvalue weighted by Crippen LogP contribution is 2.28. The Morgan fingerprint density at radius 2 is 2.50 bits per heavy atom. The second-order valence-electron chi connectivity index (χ2n) is 2.76. The maximum atomic E-state index is 6.07. The number of alkyl halides is 1. The van der Waals surface area contributed by atoms with Crippen LogP contribution in [0.5, 0.6) is 0 Å². The summed E-state index contributed by atoms with van der Waals surface area (Å²) in [6.07, 6.45) is 8.75. The Labute approximate surface area is 66.9 Å². The Morgan fingerprint density at radius 1 is 1.80 bits per heavy atom. The minimum atomic E-state index is -0.196. The van der Waals surface area contributed by atoms with Gasteiger partial charge in [-0.15, -0.1) is 11.6 Å². The third-order valence-corrected chi connectivity index (χ3v) is 1.83. The van der Waals surface area contributed by atoms with Crippen molar-refractivity contribution in [2.45, 2.75) is 18.2 Å². The van der Waals surface area contributed by atoms with Gasteiger partial charge in [-0.2, -0.15) is 0 Å². The number of halogens is 1. The highest BCUT2D eigenvalue weighted by atomic mass is 35.5. The van der Waals surface area contributed by atoms with Crippen molar-refractivity contribution in [2.24, 2.45) is 0 Å². The molecule has 1 atom stereocenters. The van der Waals surface area contributed by atoms with Gasteiger partial charge >= 0.3 is 0 Å². The van der Waals surface area contributed by atoms with Gasteiger partial charge in [-0.1, -0.05) is 30.9 Å². The van der Waals surface area contributed by atoms with Crippen LogP contribution in [0.3, 0.4) is 0 Å². The summed E-state index contributed by atoms with van der Waals surface area (Å²) in [5.74, 6) is 0. The quantitative estimate of drug-likeness (QED) is 0.510. The number of hydrogen-bond acceptors (Lipinski definition) is 0. The van der Waals surface area contributed by atoms with Crippen LogP contribution in [0.1, 0.15) is 13.3 Å². The smallest absolute Gasteiger partial charge is 0.0641 e. The van der Waals surface area contributed by atoms with Crippen molar-refractivity contribution in [2.75, 3.05) is 0 Å². The predicted octanol–water partition coefficient (Wildman–Crippen LogP) is 3.06. The molecule has 0 aromatic heterocycles. The zero-order valence-corrected chi connectivity index (χ0v) is 6.86. The summed E-state index contributed by atoms with van der Waals surface area (Å²) in [5.41, 5.74) is 1.21. The SMILES string of the molecule is C=CC1=CC=CC(C)(Cl)C1. The topological polar surface area (TPSA) is 0 Å². The molecule has 1 aliphatic carbocycles. The van der Waals surface area contributed by atoms with Gasteiger partial charge in [0.2, 0.25) is 0 Å². The van der Waals surface area contributed by atoms with E-state index in [1.807, 2.05) is 31.2 Å². The van der Waals surface area contributed by atoms with E-state index in [1.165, 1.54) is 5.57 Å². The maximum Gasteiger partial charge on any atom is 0.0641 e. The standard InChI is InChI=1S/C9H11Cl/c1-3-8-5-4-6-9(2,10)7-8/h3-6H,1,7H2,2H3. The lowest BCUT2D eigenvalue weighted by molar-refractivity contribution is 0.763. The first-order chi connectivity index (χ1) is 4.64. The first kappa shape index (κ1) is 7.62. The third-order valence-electron chi connectivity index (χ3n) is 1.57. The molecule has 0 radical (unpaired) electrons. The van der Waals surface area contributed by atoms with Crippen LogP contribution in [0.25, 0.3) is 0 Å². The summed E-state index contributed by atoms with van der Waals surface area (Å²) < 4.78 is 0. The van der Waals surface area contributed by atoms with Crippen molar-refractivity contribution in [1.82, 2.24) is 0 Å². The van der Waals surface area contributed by atoms with Crippen molar-refractivity contribution in [3.63, 3.8) is 0 Å². The molecule has 1 heteroatoms. The molecule has 0 amide bonds. The van der Waals surface area contributed by atoms with Crippen LogP contribution >= 0.6 is 11.6 Å². The van der Waals surface area contributed by atoms with Crippen LogP contribution in [0.15, 0.2) is 36.5 Å². The van der Waals surface area contributed by atoms with Crippen LogP contribution in [0, 0.1) is 0 Å². The van der Waals surface area contributed by atoms with Crippen molar-refractivity contribution < 1.29 is 0 Å². The van der Waals surface area contributed by atoms with Crippen molar-refractivity contribution >= 4 is 11.6 Å². The zero-order chi connectivity index (χ0) is 7.61. The number of rotatable bonds is 1. The Bertz CT molecular complexity index is 197. The molecule has 0 N–H and O–H groups in total. The number of hydrogen-bond donors (Lipinski definition) is 0. The van der Waals surface area contributed by atoms with Gasteiger partial charge in [0.25, 0.3) is 0 Å². The van der Waals surface area contributed by atoms with Gasteiger partial charge in [0, 0.05) is 0 Å². The monoisotopic (exact) mass is 154 g/mol. The van der Waals surface area contributed by atoms with E-state index in [9.17, 15) is 0 Å². The fourth-order valence-corrected chi connectivity index (χ4v) is 1.26. The van der Waals surface area contributed by atoms with Gasteiger partial charge in [0.15, 0.2) is 0 Å². The van der Waals surface area contributed by atoms with Gasteiger partial charge in [-0.25, -0.2) is 0 Å². The van der Waals surface area contributed by atoms with Gasteiger partial charge in [-0.3, -0.25) is 0 Å². The second-order valence-corrected chi connectivity index (χ2v) is 3.62. The minimum absolute atomic E-state index is 0.196. The lowest BCUT2D eigenvalue weighted by Crippen LogP contribution is -2.14. The zero-order valence-electron chi connectivity index (χ0n) is 6.10. The molecule has 0 heterocycles. The molecule has 0 aliphatic heterocycles. The first-order valence-corrected chi connectivity index (χ1v) is 3.71. The van der Waals surface area contributed by atoms with Crippen LogP contribution in [-0.4, -0.2) is 4.87 Å². The van der Waals surface area contributed by atoms with Crippen LogP contribution in [-0.2, 0) is 0 Å². The van der Waals surface area contributed by atoms with Crippen LogP contribution in [0.4, 0.5) is 0 Å². The molecule has 1 aliphatic rings. The van der Waals surface area contributed by atoms with Gasteiger partial charge < -0.3 is 0 Å². The molecule has 0 aromatic rings. The van der Waals surface area contributed by atoms with Crippen LogP contribution < -0.4 is 0 Å². The molecular formula is C9H11Cl. The minimum Gasteiger partial charge on any atom is -0.115 e. The summed E-state index contributed by atoms with van der Waals surface area (Å²) in [6.45, 7) is 5.69. The molecule has 0 fully saturated rings. The van der Waals surface area contributed by atoms with E-state index in [2.05, 4.69) is 6.58 Å². The predicted molar refractivity (Wildman–Crippen MR) is 46.3 cm³/mol. The van der Waals surface area contributed by atoms with Gasteiger partial charge in [0.05, 0.1) is 4.87 Å². The Balaban J connectivity index is 2.77. The Morgan fingerprint density at radius 3 is 2.90 bits per heavy atom. The van der Waals surface area contributed by atoms with E-state index in [-0.39, 0.29) is 4.87 Å². The van der Waals surface area contributed by atoms with Crippen LogP contribution in [0.2, 0.25) is 0 Å². The van der Waals surface area contributed by atoms with Crippen molar-refractivity contribution in [3.8, 4) is 0 Å². The van der Waals surface area contributed by atoms with E-state index in [1.54, 1.807) is 0 Å².